The molecule has 0 atom stereocenters. The van der Waals surface area contributed by atoms with Crippen LogP contribution in [-0.2, 0) is 6.61 Å². The van der Waals surface area contributed by atoms with E-state index in [0.717, 1.165) is 12.1 Å². The van der Waals surface area contributed by atoms with Gasteiger partial charge in [-0.25, -0.2) is 4.39 Å². The van der Waals surface area contributed by atoms with Gasteiger partial charge in [0.2, 0.25) is 0 Å². The number of halogens is 2. The second-order valence-corrected chi connectivity index (χ2v) is 2.91. The number of hydrogen-bond acceptors (Lipinski definition) is 2. The molecule has 60 valence electrons. The van der Waals surface area contributed by atoms with Crippen molar-refractivity contribution in [3.63, 3.8) is 0 Å². The maximum Gasteiger partial charge on any atom is 0.135 e. The van der Waals surface area contributed by atoms with Gasteiger partial charge in [-0.2, -0.15) is 0 Å². The summed E-state index contributed by atoms with van der Waals surface area (Å²) in [5.74, 6) is -0.604. The summed E-state index contributed by atoms with van der Waals surface area (Å²) in [6.07, 6.45) is 0. The summed E-state index contributed by atoms with van der Waals surface area (Å²) in [4.78, 5) is 0. The molecule has 4 heteroatoms. The molecule has 0 amide bonds. The molecule has 1 aromatic rings. The molecule has 0 aromatic heterocycles. The zero-order chi connectivity index (χ0) is 8.43. The lowest BCUT2D eigenvalue weighted by Gasteiger charge is -2.02. The highest BCUT2D eigenvalue weighted by Gasteiger charge is 2.06. The molecule has 0 heterocycles. The van der Waals surface area contributed by atoms with Crippen LogP contribution in [0, 0.1) is 5.82 Å². The zero-order valence-electron chi connectivity index (χ0n) is 5.51. The largest absolute Gasteiger partial charge is 0.506 e. The van der Waals surface area contributed by atoms with E-state index in [1.54, 1.807) is 0 Å². The Kier molecular flexibility index (Phi) is 2.46. The number of aliphatic hydroxyl groups excluding tert-OH is 1. The van der Waals surface area contributed by atoms with Crippen LogP contribution in [0.15, 0.2) is 16.6 Å². The van der Waals surface area contributed by atoms with Gasteiger partial charge in [0.15, 0.2) is 0 Å². The van der Waals surface area contributed by atoms with Gasteiger partial charge in [-0.15, -0.1) is 0 Å². The van der Waals surface area contributed by atoms with Crippen molar-refractivity contribution in [3.8, 4) is 5.75 Å². The molecule has 0 unspecified atom stereocenters. The SMILES string of the molecule is OCc1cc(F)cc(Br)c1O. The Bertz CT molecular complexity index is 275. The predicted octanol–water partition coefficient (Wildman–Crippen LogP) is 1.79. The molecular weight excluding hydrogens is 215 g/mol. The fourth-order valence-electron chi connectivity index (χ4n) is 0.740. The van der Waals surface area contributed by atoms with Crippen molar-refractivity contribution in [2.24, 2.45) is 0 Å². The molecule has 1 aromatic carbocycles. The van der Waals surface area contributed by atoms with Crippen molar-refractivity contribution in [1.29, 1.82) is 0 Å². The summed E-state index contributed by atoms with van der Waals surface area (Å²) in [7, 11) is 0. The molecule has 0 bridgehead atoms. The van der Waals surface area contributed by atoms with Crippen LogP contribution in [0.4, 0.5) is 4.39 Å². The number of phenols is 1. The summed E-state index contributed by atoms with van der Waals surface area (Å²) in [6, 6.07) is 2.22. The summed E-state index contributed by atoms with van der Waals surface area (Å²) < 4.78 is 12.8. The molecule has 2 N–H and O–H groups in total. The lowest BCUT2D eigenvalue weighted by atomic mass is 10.2. The molecule has 0 aliphatic rings. The quantitative estimate of drug-likeness (QED) is 0.758. The molecule has 0 saturated carbocycles. The Morgan fingerprint density at radius 2 is 2.09 bits per heavy atom. The van der Waals surface area contributed by atoms with Crippen LogP contribution in [0.25, 0.3) is 0 Å². The summed E-state index contributed by atoms with van der Waals surface area (Å²) in [5, 5.41) is 17.8. The maximum absolute atomic E-state index is 12.5. The first-order valence-corrected chi connectivity index (χ1v) is 3.72. The Labute approximate surface area is 71.4 Å². The van der Waals surface area contributed by atoms with E-state index in [1.807, 2.05) is 0 Å². The van der Waals surface area contributed by atoms with Gasteiger partial charge in [0.25, 0.3) is 0 Å². The first-order valence-electron chi connectivity index (χ1n) is 2.93. The first-order chi connectivity index (χ1) is 5.15. The van der Waals surface area contributed by atoms with E-state index in [-0.39, 0.29) is 22.4 Å². The Hall–Kier alpha value is -0.610. The van der Waals surface area contributed by atoms with Gasteiger partial charge in [-0.1, -0.05) is 0 Å². The number of aliphatic hydroxyl groups is 1. The molecule has 0 aliphatic heterocycles. The van der Waals surface area contributed by atoms with Crippen molar-refractivity contribution < 1.29 is 14.6 Å². The molecule has 0 radical (unpaired) electrons. The van der Waals surface area contributed by atoms with E-state index in [1.165, 1.54) is 0 Å². The average molecular weight is 221 g/mol. The smallest absolute Gasteiger partial charge is 0.135 e. The van der Waals surface area contributed by atoms with Gasteiger partial charge in [0, 0.05) is 5.56 Å². The van der Waals surface area contributed by atoms with Crippen LogP contribution in [0.2, 0.25) is 0 Å². The van der Waals surface area contributed by atoms with Crippen LogP contribution in [0.3, 0.4) is 0 Å². The van der Waals surface area contributed by atoms with E-state index < -0.39 is 5.82 Å². The van der Waals surface area contributed by atoms with Crippen LogP contribution < -0.4 is 0 Å². The summed E-state index contributed by atoms with van der Waals surface area (Å²) in [5.41, 5.74) is 0.178. The van der Waals surface area contributed by atoms with Gasteiger partial charge in [-0.05, 0) is 28.1 Å². The lowest BCUT2D eigenvalue weighted by Crippen LogP contribution is -1.87. The minimum atomic E-state index is -0.487. The van der Waals surface area contributed by atoms with E-state index >= 15 is 0 Å². The highest BCUT2D eigenvalue weighted by molar-refractivity contribution is 9.10. The standard InChI is InChI=1S/C7H6BrFO2/c8-6-2-5(9)1-4(3-10)7(6)11/h1-2,10-11H,3H2. The molecule has 2 nitrogen and oxygen atoms in total. The van der Waals surface area contributed by atoms with Gasteiger partial charge >= 0.3 is 0 Å². The third-order valence-electron chi connectivity index (χ3n) is 1.28. The van der Waals surface area contributed by atoms with Gasteiger partial charge in [-0.3, -0.25) is 0 Å². The van der Waals surface area contributed by atoms with E-state index in [9.17, 15) is 4.39 Å². The number of benzene rings is 1. The van der Waals surface area contributed by atoms with Gasteiger partial charge in [0.1, 0.15) is 11.6 Å². The maximum atomic E-state index is 12.5. The van der Waals surface area contributed by atoms with Crippen molar-refractivity contribution in [1.82, 2.24) is 0 Å². The Balaban J connectivity index is 3.24. The van der Waals surface area contributed by atoms with Crippen molar-refractivity contribution in [3.05, 3.63) is 28.0 Å². The van der Waals surface area contributed by atoms with E-state index in [4.69, 9.17) is 10.2 Å². The second kappa shape index (κ2) is 3.19. The lowest BCUT2D eigenvalue weighted by molar-refractivity contribution is 0.274. The molecule has 0 fully saturated rings. The highest BCUT2D eigenvalue weighted by atomic mass is 79.9. The normalized spacial score (nSPS) is 10.1. The molecule has 0 saturated heterocycles. The van der Waals surface area contributed by atoms with Gasteiger partial charge in [0.05, 0.1) is 11.1 Å². The number of rotatable bonds is 1. The molecule has 0 aliphatic carbocycles. The highest BCUT2D eigenvalue weighted by Crippen LogP contribution is 2.28. The first kappa shape index (κ1) is 8.49. The minimum absolute atomic E-state index is 0.117. The second-order valence-electron chi connectivity index (χ2n) is 2.05. The zero-order valence-corrected chi connectivity index (χ0v) is 7.10. The summed E-state index contributed by atoms with van der Waals surface area (Å²) in [6.45, 7) is -0.373. The molecule has 11 heavy (non-hydrogen) atoms. The van der Waals surface area contributed by atoms with Crippen LogP contribution in [0.1, 0.15) is 5.56 Å². The van der Waals surface area contributed by atoms with Crippen LogP contribution in [0.5, 0.6) is 5.75 Å². The van der Waals surface area contributed by atoms with Crippen molar-refractivity contribution >= 4 is 15.9 Å². The number of hydrogen-bond donors (Lipinski definition) is 2. The predicted molar refractivity (Wildman–Crippen MR) is 41.7 cm³/mol. The third-order valence-corrected chi connectivity index (χ3v) is 1.88. The molecule has 0 spiro atoms. The van der Waals surface area contributed by atoms with Crippen molar-refractivity contribution in [2.75, 3.05) is 0 Å². The van der Waals surface area contributed by atoms with E-state index in [0.29, 0.717) is 0 Å². The average Bonchev–Trinajstić information content (AvgIpc) is 1.96. The van der Waals surface area contributed by atoms with Crippen LogP contribution in [-0.4, -0.2) is 10.2 Å². The third kappa shape index (κ3) is 1.70. The fourth-order valence-corrected chi connectivity index (χ4v) is 1.21. The molecular formula is C7H6BrFO2. The van der Waals surface area contributed by atoms with Gasteiger partial charge < -0.3 is 10.2 Å². The monoisotopic (exact) mass is 220 g/mol. The minimum Gasteiger partial charge on any atom is -0.506 e. The number of aromatic hydroxyl groups is 1. The fraction of sp³-hybridized carbons (Fsp3) is 0.143. The van der Waals surface area contributed by atoms with Crippen molar-refractivity contribution in [2.45, 2.75) is 6.61 Å². The Morgan fingerprint density at radius 1 is 1.45 bits per heavy atom. The topological polar surface area (TPSA) is 40.5 Å². The Morgan fingerprint density at radius 3 is 2.64 bits per heavy atom. The van der Waals surface area contributed by atoms with E-state index in [2.05, 4.69) is 15.9 Å². The molecule has 1 rings (SSSR count). The summed E-state index contributed by atoms with van der Waals surface area (Å²) >= 11 is 2.94. The van der Waals surface area contributed by atoms with Crippen LogP contribution >= 0.6 is 15.9 Å².